The van der Waals surface area contributed by atoms with E-state index in [-0.39, 0.29) is 41.4 Å². The molecule has 10 nitrogen and oxygen atoms in total. The maximum Gasteiger partial charge on any atom is 0.287 e. The van der Waals surface area contributed by atoms with Gasteiger partial charge in [0.1, 0.15) is 18.5 Å². The Morgan fingerprint density at radius 2 is 2.21 bits per heavy atom. The van der Waals surface area contributed by atoms with E-state index < -0.39 is 12.5 Å². The number of aliphatic hydroxyl groups is 1. The Kier molecular flexibility index (Phi) is 4.92. The summed E-state index contributed by atoms with van der Waals surface area (Å²) in [5, 5.41) is 28.3. The van der Waals surface area contributed by atoms with E-state index in [9.17, 15) is 14.4 Å². The second-order valence-electron chi connectivity index (χ2n) is 6.70. The van der Waals surface area contributed by atoms with Crippen LogP contribution in [0.2, 0.25) is 0 Å². The lowest BCUT2D eigenvalue weighted by Gasteiger charge is -2.34. The number of hydrogen-bond donors (Lipinski definition) is 4. The SMILES string of the molecule is O=C(CO)NC1CC(Oc2nonc2C(=N[C@H]2Cc3ccc(F)cc32)NO)C1. The Bertz CT molecular complexity index is 911. The van der Waals surface area contributed by atoms with Crippen LogP contribution in [0.4, 0.5) is 4.39 Å². The molecule has 0 unspecified atom stereocenters. The number of fused-ring (bicyclic) bond motifs is 1. The molecule has 1 heterocycles. The van der Waals surface area contributed by atoms with Gasteiger partial charge < -0.3 is 15.2 Å². The first kappa shape index (κ1) is 18.3. The predicted molar refractivity (Wildman–Crippen MR) is 91.3 cm³/mol. The van der Waals surface area contributed by atoms with Crippen molar-refractivity contribution in [3.05, 3.63) is 40.8 Å². The molecule has 0 bridgehead atoms. The number of aromatic nitrogens is 2. The normalized spacial score (nSPS) is 23.2. The van der Waals surface area contributed by atoms with Crippen LogP contribution in [0.3, 0.4) is 0 Å². The Hall–Kier alpha value is -3.05. The minimum atomic E-state index is -0.560. The fraction of sp³-hybridized carbons (Fsp3) is 0.412. The van der Waals surface area contributed by atoms with Gasteiger partial charge >= 0.3 is 0 Å². The molecule has 0 spiro atoms. The molecule has 1 saturated carbocycles. The van der Waals surface area contributed by atoms with Gasteiger partial charge in [-0.15, -0.1) is 0 Å². The van der Waals surface area contributed by atoms with Crippen molar-refractivity contribution < 1.29 is 28.9 Å². The highest BCUT2D eigenvalue weighted by Crippen LogP contribution is 2.37. The van der Waals surface area contributed by atoms with Crippen molar-refractivity contribution in [3.8, 4) is 5.88 Å². The number of carbonyl (C=O) groups is 1. The molecule has 4 rings (SSSR count). The summed E-state index contributed by atoms with van der Waals surface area (Å²) in [4.78, 5) is 15.5. The lowest BCUT2D eigenvalue weighted by Crippen LogP contribution is -2.49. The summed E-state index contributed by atoms with van der Waals surface area (Å²) >= 11 is 0. The minimum Gasteiger partial charge on any atom is -0.470 e. The topological polar surface area (TPSA) is 142 Å². The third-order valence-corrected chi connectivity index (χ3v) is 4.84. The molecule has 0 radical (unpaired) electrons. The molecule has 4 N–H and O–H groups in total. The van der Waals surface area contributed by atoms with Gasteiger partial charge in [-0.3, -0.25) is 20.5 Å². The fourth-order valence-corrected chi connectivity index (χ4v) is 3.28. The third kappa shape index (κ3) is 3.53. The predicted octanol–water partition coefficient (Wildman–Crippen LogP) is 0.250. The van der Waals surface area contributed by atoms with E-state index >= 15 is 0 Å². The maximum absolute atomic E-state index is 13.4. The van der Waals surface area contributed by atoms with Gasteiger partial charge in [-0.1, -0.05) is 6.07 Å². The molecule has 1 fully saturated rings. The van der Waals surface area contributed by atoms with E-state index in [1.165, 1.54) is 12.1 Å². The van der Waals surface area contributed by atoms with Gasteiger partial charge in [-0.2, -0.15) is 0 Å². The highest BCUT2D eigenvalue weighted by Gasteiger charge is 2.34. The number of hydrogen-bond acceptors (Lipinski definition) is 8. The fourth-order valence-electron chi connectivity index (χ4n) is 3.28. The number of aliphatic imine (C=N–C) groups is 1. The van der Waals surface area contributed by atoms with E-state index in [0.29, 0.717) is 19.3 Å². The van der Waals surface area contributed by atoms with Crippen LogP contribution in [-0.4, -0.2) is 51.1 Å². The average molecular weight is 391 g/mol. The van der Waals surface area contributed by atoms with E-state index in [1.807, 2.05) is 5.48 Å². The van der Waals surface area contributed by atoms with Crippen molar-refractivity contribution in [1.82, 2.24) is 21.1 Å². The summed E-state index contributed by atoms with van der Waals surface area (Å²) in [6, 6.07) is 4.10. The van der Waals surface area contributed by atoms with E-state index in [0.717, 1.165) is 11.1 Å². The first-order valence-corrected chi connectivity index (χ1v) is 8.73. The number of hydroxylamine groups is 1. The average Bonchev–Trinajstić information content (AvgIpc) is 3.10. The van der Waals surface area contributed by atoms with Crippen molar-refractivity contribution in [2.24, 2.45) is 4.99 Å². The van der Waals surface area contributed by atoms with Crippen LogP contribution in [0, 0.1) is 5.82 Å². The lowest BCUT2D eigenvalue weighted by atomic mass is 9.83. The highest BCUT2D eigenvalue weighted by molar-refractivity contribution is 5.98. The lowest BCUT2D eigenvalue weighted by molar-refractivity contribution is -0.125. The van der Waals surface area contributed by atoms with Gasteiger partial charge in [0.15, 0.2) is 5.84 Å². The summed E-state index contributed by atoms with van der Waals surface area (Å²) in [7, 11) is 0. The molecule has 1 aromatic carbocycles. The van der Waals surface area contributed by atoms with Crippen LogP contribution in [0.1, 0.15) is 35.7 Å². The number of rotatable bonds is 6. The zero-order valence-corrected chi connectivity index (χ0v) is 14.6. The molecule has 2 aliphatic rings. The number of ether oxygens (including phenoxy) is 1. The van der Waals surface area contributed by atoms with Crippen LogP contribution in [0.5, 0.6) is 5.88 Å². The quantitative estimate of drug-likeness (QED) is 0.312. The summed E-state index contributed by atoms with van der Waals surface area (Å²) in [5.74, 6) is -0.739. The molecule has 2 aromatic rings. The van der Waals surface area contributed by atoms with Gasteiger partial charge in [-0.25, -0.2) is 9.02 Å². The molecule has 1 atom stereocenters. The van der Waals surface area contributed by atoms with Crippen LogP contribution in [0.15, 0.2) is 27.8 Å². The first-order valence-electron chi connectivity index (χ1n) is 8.73. The van der Waals surface area contributed by atoms with Crippen molar-refractivity contribution in [2.75, 3.05) is 6.61 Å². The summed E-state index contributed by atoms with van der Waals surface area (Å²) < 4.78 is 23.8. The number of nitrogens with zero attached hydrogens (tertiary/aromatic N) is 3. The molecular formula is C17H18FN5O5. The number of carbonyl (C=O) groups excluding carboxylic acids is 1. The Morgan fingerprint density at radius 3 is 2.96 bits per heavy atom. The number of benzene rings is 1. The number of nitrogens with one attached hydrogen (secondary N) is 2. The van der Waals surface area contributed by atoms with Crippen LogP contribution >= 0.6 is 0 Å². The van der Waals surface area contributed by atoms with Crippen molar-refractivity contribution in [2.45, 2.75) is 37.5 Å². The summed E-state index contributed by atoms with van der Waals surface area (Å²) in [6.45, 7) is -0.560. The van der Waals surface area contributed by atoms with Crippen LogP contribution < -0.4 is 15.5 Å². The maximum atomic E-state index is 13.4. The zero-order valence-electron chi connectivity index (χ0n) is 14.6. The molecule has 28 heavy (non-hydrogen) atoms. The summed E-state index contributed by atoms with van der Waals surface area (Å²) in [5.41, 5.74) is 3.80. The van der Waals surface area contributed by atoms with Gasteiger partial charge in [0.25, 0.3) is 5.88 Å². The highest BCUT2D eigenvalue weighted by atomic mass is 19.1. The number of aliphatic hydroxyl groups excluding tert-OH is 1. The van der Waals surface area contributed by atoms with E-state index in [2.05, 4.69) is 20.6 Å². The van der Waals surface area contributed by atoms with Crippen molar-refractivity contribution in [3.63, 3.8) is 0 Å². The molecule has 11 heteroatoms. The molecule has 2 aliphatic carbocycles. The minimum absolute atomic E-state index is 0.000572. The molecular weight excluding hydrogens is 373 g/mol. The molecule has 0 aliphatic heterocycles. The largest absolute Gasteiger partial charge is 0.470 e. The molecule has 1 amide bonds. The van der Waals surface area contributed by atoms with Gasteiger partial charge in [0.2, 0.25) is 11.6 Å². The van der Waals surface area contributed by atoms with E-state index in [1.54, 1.807) is 6.07 Å². The first-order chi connectivity index (χ1) is 13.6. The Labute approximate surface area is 158 Å². The number of amides is 1. The van der Waals surface area contributed by atoms with Crippen LogP contribution in [0.25, 0.3) is 0 Å². The van der Waals surface area contributed by atoms with Gasteiger partial charge in [-0.05, 0) is 40.0 Å². The zero-order chi connectivity index (χ0) is 19.7. The van der Waals surface area contributed by atoms with Gasteiger partial charge in [0.05, 0.1) is 6.04 Å². The van der Waals surface area contributed by atoms with Crippen molar-refractivity contribution in [1.29, 1.82) is 0 Å². The van der Waals surface area contributed by atoms with Crippen molar-refractivity contribution >= 4 is 11.7 Å². The van der Waals surface area contributed by atoms with Gasteiger partial charge in [0, 0.05) is 18.9 Å². The standard InChI is InChI=1S/C17H18FN5O5/c18-9-2-1-8-3-13(12(8)4-9)20-16(21-26)15-17(23-28-22-15)27-11-5-10(6-11)19-14(25)7-24/h1-2,4,10-11,13,24,26H,3,5-7H2,(H,19,25)(H,20,21)/t10?,11?,13-/m0/s1. The molecule has 0 saturated heterocycles. The third-order valence-electron chi connectivity index (χ3n) is 4.84. The second kappa shape index (κ2) is 7.52. The van der Waals surface area contributed by atoms with E-state index in [4.69, 9.17) is 14.5 Å². The Morgan fingerprint density at radius 1 is 1.39 bits per heavy atom. The number of halogens is 1. The van der Waals surface area contributed by atoms with Crippen LogP contribution in [-0.2, 0) is 11.2 Å². The monoisotopic (exact) mass is 391 g/mol. The summed E-state index contributed by atoms with van der Waals surface area (Å²) in [6.07, 6.45) is 1.45. The smallest absolute Gasteiger partial charge is 0.287 e. The molecule has 148 valence electrons. The molecule has 1 aromatic heterocycles. The Balaban J connectivity index is 1.42. The second-order valence-corrected chi connectivity index (χ2v) is 6.70. The number of amidine groups is 1.